The van der Waals surface area contributed by atoms with Crippen LogP contribution in [0.1, 0.15) is 32.1 Å². The van der Waals surface area contributed by atoms with E-state index in [4.69, 9.17) is 10.5 Å². The Balaban J connectivity index is 0.00000312. The van der Waals surface area contributed by atoms with Crippen LogP contribution in [0.5, 0.6) is 5.75 Å². The number of amides is 1. The zero-order chi connectivity index (χ0) is 17.4. The van der Waals surface area contributed by atoms with E-state index in [1.165, 1.54) is 12.1 Å². The number of benzene rings is 1. The van der Waals surface area contributed by atoms with Crippen LogP contribution in [-0.4, -0.2) is 50.6 Å². The van der Waals surface area contributed by atoms with Crippen molar-refractivity contribution in [3.63, 3.8) is 0 Å². The highest BCUT2D eigenvalue weighted by Crippen LogP contribution is 2.29. The number of rotatable bonds is 8. The second-order valence-electron chi connectivity index (χ2n) is 6.14. The average Bonchev–Trinajstić information content (AvgIpc) is 2.61. The number of carbonyl (C=O) groups is 1. The van der Waals surface area contributed by atoms with E-state index >= 15 is 0 Å². The smallest absolute Gasteiger partial charge is 0.222 e. The van der Waals surface area contributed by atoms with Gasteiger partial charge < -0.3 is 20.3 Å². The first-order valence-electron chi connectivity index (χ1n) is 8.72. The molecule has 0 unspecified atom stereocenters. The molecule has 0 radical (unpaired) electrons. The summed E-state index contributed by atoms with van der Waals surface area (Å²) in [6.45, 7) is 3.59. The van der Waals surface area contributed by atoms with Gasteiger partial charge in [-0.2, -0.15) is 0 Å². The molecular weight excluding hydrogens is 380 g/mol. The van der Waals surface area contributed by atoms with E-state index in [-0.39, 0.29) is 36.5 Å². The molecular formula is C18H30Cl2FN3O2. The summed E-state index contributed by atoms with van der Waals surface area (Å²) in [5, 5.41) is 0. The molecule has 5 nitrogen and oxygen atoms in total. The molecule has 26 heavy (non-hydrogen) atoms. The molecule has 2 rings (SSSR count). The van der Waals surface area contributed by atoms with Crippen molar-refractivity contribution < 1.29 is 13.9 Å². The summed E-state index contributed by atoms with van der Waals surface area (Å²) < 4.78 is 18.6. The van der Waals surface area contributed by atoms with Crippen LogP contribution in [0.4, 0.5) is 10.1 Å². The minimum absolute atomic E-state index is 0. The molecule has 0 spiro atoms. The number of nitrogens with two attached hydrogens (primary N) is 1. The summed E-state index contributed by atoms with van der Waals surface area (Å²) in [4.78, 5) is 16.3. The number of anilines is 1. The molecule has 1 heterocycles. The zero-order valence-electron chi connectivity index (χ0n) is 15.3. The lowest BCUT2D eigenvalue weighted by Crippen LogP contribution is -2.48. The summed E-state index contributed by atoms with van der Waals surface area (Å²) >= 11 is 0. The quantitative estimate of drug-likeness (QED) is 0.669. The summed E-state index contributed by atoms with van der Waals surface area (Å²) in [6.07, 6.45) is 4.75. The molecule has 8 heteroatoms. The van der Waals surface area contributed by atoms with E-state index in [1.807, 2.05) is 4.90 Å². The van der Waals surface area contributed by atoms with E-state index in [0.29, 0.717) is 25.3 Å². The van der Waals surface area contributed by atoms with Crippen LogP contribution in [0.25, 0.3) is 0 Å². The standard InChI is InChI=1S/C18H28FN3O2.2ClH/c1-24-17-14-15(19)7-8-16(17)21-10-12-22(13-11-21)18(23)6-4-2-3-5-9-20;;/h7-8,14H,2-6,9-13,20H2,1H3;2*1H. The fourth-order valence-electron chi connectivity index (χ4n) is 3.04. The Bertz CT molecular complexity index is 541. The number of ether oxygens (including phenoxy) is 1. The number of unbranched alkanes of at least 4 members (excludes halogenated alkanes) is 3. The maximum Gasteiger partial charge on any atom is 0.222 e. The van der Waals surface area contributed by atoms with Crippen LogP contribution in [0.2, 0.25) is 0 Å². The van der Waals surface area contributed by atoms with Gasteiger partial charge in [-0.25, -0.2) is 4.39 Å². The number of hydrogen-bond acceptors (Lipinski definition) is 4. The number of piperazine rings is 1. The molecule has 150 valence electrons. The maximum absolute atomic E-state index is 13.3. The minimum atomic E-state index is -0.306. The molecule has 0 aliphatic carbocycles. The molecule has 1 saturated heterocycles. The van der Waals surface area contributed by atoms with Crippen molar-refractivity contribution >= 4 is 36.4 Å². The average molecular weight is 410 g/mol. The zero-order valence-corrected chi connectivity index (χ0v) is 16.9. The third-order valence-corrected chi connectivity index (χ3v) is 4.46. The van der Waals surface area contributed by atoms with E-state index < -0.39 is 0 Å². The number of halogens is 3. The van der Waals surface area contributed by atoms with Crippen LogP contribution >= 0.6 is 24.8 Å². The number of carbonyl (C=O) groups excluding carboxylic acids is 1. The van der Waals surface area contributed by atoms with E-state index in [1.54, 1.807) is 13.2 Å². The van der Waals surface area contributed by atoms with Crippen molar-refractivity contribution in [2.45, 2.75) is 32.1 Å². The fraction of sp³-hybridized carbons (Fsp3) is 0.611. The SMILES string of the molecule is COc1cc(F)ccc1N1CCN(C(=O)CCCCCCN)CC1.Cl.Cl. The number of methoxy groups -OCH3 is 1. The van der Waals surface area contributed by atoms with E-state index in [9.17, 15) is 9.18 Å². The monoisotopic (exact) mass is 409 g/mol. The first kappa shape index (κ1) is 24.8. The highest BCUT2D eigenvalue weighted by atomic mass is 35.5. The van der Waals surface area contributed by atoms with Gasteiger partial charge in [0.25, 0.3) is 0 Å². The molecule has 2 N–H and O–H groups in total. The lowest BCUT2D eigenvalue weighted by atomic mass is 10.1. The summed E-state index contributed by atoms with van der Waals surface area (Å²) in [6, 6.07) is 4.58. The van der Waals surface area contributed by atoms with Gasteiger partial charge in [0.1, 0.15) is 11.6 Å². The van der Waals surface area contributed by atoms with Crippen molar-refractivity contribution in [2.75, 3.05) is 44.7 Å². The minimum Gasteiger partial charge on any atom is -0.494 e. The van der Waals surface area contributed by atoms with Crippen LogP contribution < -0.4 is 15.4 Å². The van der Waals surface area contributed by atoms with Gasteiger partial charge in [0.2, 0.25) is 5.91 Å². The van der Waals surface area contributed by atoms with Gasteiger partial charge in [0.15, 0.2) is 0 Å². The van der Waals surface area contributed by atoms with Crippen LogP contribution in [0.3, 0.4) is 0 Å². The molecule has 1 aromatic rings. The molecule has 1 aliphatic heterocycles. The molecule has 1 aliphatic rings. The Kier molecular flexibility index (Phi) is 12.4. The Hall–Kier alpha value is -1.24. The summed E-state index contributed by atoms with van der Waals surface area (Å²) in [5.41, 5.74) is 6.35. The van der Waals surface area contributed by atoms with Gasteiger partial charge in [0.05, 0.1) is 12.8 Å². The molecule has 1 aromatic carbocycles. The van der Waals surface area contributed by atoms with Crippen LogP contribution in [-0.2, 0) is 4.79 Å². The summed E-state index contributed by atoms with van der Waals surface area (Å²) in [5.74, 6) is 0.460. The van der Waals surface area contributed by atoms with Crippen molar-refractivity contribution in [1.29, 1.82) is 0 Å². The van der Waals surface area contributed by atoms with Crippen molar-refractivity contribution in [3.8, 4) is 5.75 Å². The third-order valence-electron chi connectivity index (χ3n) is 4.46. The largest absolute Gasteiger partial charge is 0.494 e. The Morgan fingerprint density at radius 1 is 1.12 bits per heavy atom. The summed E-state index contributed by atoms with van der Waals surface area (Å²) in [7, 11) is 1.54. The van der Waals surface area contributed by atoms with Crippen molar-refractivity contribution in [2.24, 2.45) is 5.73 Å². The van der Waals surface area contributed by atoms with Crippen molar-refractivity contribution in [1.82, 2.24) is 4.90 Å². The molecule has 0 bridgehead atoms. The third kappa shape index (κ3) is 7.17. The first-order valence-corrected chi connectivity index (χ1v) is 8.72. The van der Waals surface area contributed by atoms with E-state index in [0.717, 1.165) is 51.0 Å². The van der Waals surface area contributed by atoms with Crippen LogP contribution in [0.15, 0.2) is 18.2 Å². The van der Waals surface area contributed by atoms with E-state index in [2.05, 4.69) is 4.90 Å². The Morgan fingerprint density at radius 3 is 2.38 bits per heavy atom. The molecule has 0 aromatic heterocycles. The number of hydrogen-bond donors (Lipinski definition) is 1. The van der Waals surface area contributed by atoms with Crippen LogP contribution in [0, 0.1) is 5.82 Å². The normalized spacial score (nSPS) is 13.7. The molecule has 1 fully saturated rings. The molecule has 1 amide bonds. The second-order valence-corrected chi connectivity index (χ2v) is 6.14. The number of nitrogens with zero attached hydrogens (tertiary/aromatic N) is 2. The highest BCUT2D eigenvalue weighted by molar-refractivity contribution is 5.85. The molecule has 0 saturated carbocycles. The second kappa shape index (κ2) is 13.0. The molecule has 0 atom stereocenters. The predicted molar refractivity (Wildman–Crippen MR) is 108 cm³/mol. The lowest BCUT2D eigenvalue weighted by molar-refractivity contribution is -0.131. The predicted octanol–water partition coefficient (Wildman–Crippen LogP) is 3.24. The van der Waals surface area contributed by atoms with Gasteiger partial charge >= 0.3 is 0 Å². The van der Waals surface area contributed by atoms with Gasteiger partial charge in [0, 0.05) is 38.7 Å². The Labute approximate surface area is 167 Å². The Morgan fingerprint density at radius 2 is 1.77 bits per heavy atom. The van der Waals surface area contributed by atoms with Gasteiger partial charge in [-0.15, -0.1) is 24.8 Å². The topological polar surface area (TPSA) is 58.8 Å². The van der Waals surface area contributed by atoms with Gasteiger partial charge in [-0.3, -0.25) is 4.79 Å². The van der Waals surface area contributed by atoms with Crippen molar-refractivity contribution in [3.05, 3.63) is 24.0 Å². The maximum atomic E-state index is 13.3. The lowest BCUT2D eigenvalue weighted by Gasteiger charge is -2.36. The van der Waals surface area contributed by atoms with Gasteiger partial charge in [-0.05, 0) is 31.5 Å². The van der Waals surface area contributed by atoms with Gasteiger partial charge in [-0.1, -0.05) is 12.8 Å². The first-order chi connectivity index (χ1) is 11.7. The highest BCUT2D eigenvalue weighted by Gasteiger charge is 2.22. The fourth-order valence-corrected chi connectivity index (χ4v) is 3.04.